The summed E-state index contributed by atoms with van der Waals surface area (Å²) in [6.07, 6.45) is 0. The van der Waals surface area contributed by atoms with E-state index in [1.54, 1.807) is 26.4 Å². The first kappa shape index (κ1) is 12.0. The smallest absolute Gasteiger partial charge is 0.177 e. The summed E-state index contributed by atoms with van der Waals surface area (Å²) in [4.78, 5) is 11.6. The molecule has 4 heteroatoms. The van der Waals surface area contributed by atoms with E-state index in [0.717, 1.165) is 11.3 Å². The van der Waals surface area contributed by atoms with Crippen molar-refractivity contribution in [3.63, 3.8) is 0 Å². The minimum absolute atomic E-state index is 0.00222. The van der Waals surface area contributed by atoms with Crippen LogP contribution >= 0.6 is 15.9 Å². The number of Topliss-reactive ketones (excluding diaryl/α,β-unsaturated/α-hetero) is 1. The molecule has 3 nitrogen and oxygen atoms in total. The highest BCUT2D eigenvalue weighted by atomic mass is 79.9. The van der Waals surface area contributed by atoms with E-state index in [-0.39, 0.29) is 11.1 Å². The Morgan fingerprint density at radius 3 is 2.47 bits per heavy atom. The van der Waals surface area contributed by atoms with E-state index in [2.05, 4.69) is 15.9 Å². The molecule has 0 fully saturated rings. The molecule has 0 bridgehead atoms. The Bertz CT molecular complexity index is 374. The summed E-state index contributed by atoms with van der Waals surface area (Å²) >= 11 is 3.14. The Kier molecular flexibility index (Phi) is 4.15. The number of hydrogen-bond acceptors (Lipinski definition) is 3. The molecule has 0 unspecified atom stereocenters. The number of carbonyl (C=O) groups is 1. The minimum Gasteiger partial charge on any atom is -0.496 e. The maximum absolute atomic E-state index is 11.6. The van der Waals surface area contributed by atoms with Gasteiger partial charge in [-0.2, -0.15) is 0 Å². The van der Waals surface area contributed by atoms with Crippen LogP contribution in [-0.2, 0) is 0 Å². The second-order valence-corrected chi connectivity index (χ2v) is 3.59. The van der Waals surface area contributed by atoms with E-state index in [1.165, 1.54) is 0 Å². The summed E-state index contributed by atoms with van der Waals surface area (Å²) < 4.78 is 10.4. The second-order valence-electron chi connectivity index (χ2n) is 3.03. The lowest BCUT2D eigenvalue weighted by atomic mass is 10.1. The highest BCUT2D eigenvalue weighted by Crippen LogP contribution is 2.31. The van der Waals surface area contributed by atoms with Gasteiger partial charge in [0, 0.05) is 5.56 Å². The lowest BCUT2D eigenvalue weighted by Crippen LogP contribution is -2.05. The van der Waals surface area contributed by atoms with Crippen LogP contribution in [0.5, 0.6) is 11.5 Å². The van der Waals surface area contributed by atoms with Gasteiger partial charge in [0.15, 0.2) is 5.78 Å². The van der Waals surface area contributed by atoms with Gasteiger partial charge in [0.2, 0.25) is 0 Å². The van der Waals surface area contributed by atoms with E-state index in [1.807, 2.05) is 6.92 Å². The predicted octanol–water partition coefficient (Wildman–Crippen LogP) is 2.59. The summed E-state index contributed by atoms with van der Waals surface area (Å²) in [6.45, 7) is 1.86. The molecule has 0 N–H and O–H groups in total. The van der Waals surface area contributed by atoms with Crippen molar-refractivity contribution in [3.05, 3.63) is 23.3 Å². The first-order valence-electron chi connectivity index (χ1n) is 4.46. The standard InChI is InChI=1S/C11H13BrO3/c1-7-10(14-2)5-4-8(9(13)6-12)11(7)15-3/h4-5H,6H2,1-3H3. The third-order valence-corrected chi connectivity index (χ3v) is 2.71. The fourth-order valence-electron chi connectivity index (χ4n) is 1.45. The molecule has 0 spiro atoms. The van der Waals surface area contributed by atoms with Crippen molar-refractivity contribution in [2.24, 2.45) is 0 Å². The van der Waals surface area contributed by atoms with Crippen LogP contribution < -0.4 is 9.47 Å². The number of benzene rings is 1. The SMILES string of the molecule is COc1ccc(C(=O)CBr)c(OC)c1C. The van der Waals surface area contributed by atoms with Crippen LogP contribution in [0.3, 0.4) is 0 Å². The summed E-state index contributed by atoms with van der Waals surface area (Å²) in [5, 5.41) is 0.287. The zero-order valence-corrected chi connectivity index (χ0v) is 10.6. The fraction of sp³-hybridized carbons (Fsp3) is 0.364. The molecule has 82 valence electrons. The van der Waals surface area contributed by atoms with Crippen LogP contribution in [0.4, 0.5) is 0 Å². The maximum Gasteiger partial charge on any atom is 0.177 e. The lowest BCUT2D eigenvalue weighted by molar-refractivity contribution is 0.102. The molecule has 0 saturated carbocycles. The zero-order chi connectivity index (χ0) is 11.4. The van der Waals surface area contributed by atoms with E-state index in [9.17, 15) is 4.79 Å². The van der Waals surface area contributed by atoms with Crippen molar-refractivity contribution in [1.82, 2.24) is 0 Å². The lowest BCUT2D eigenvalue weighted by Gasteiger charge is -2.12. The maximum atomic E-state index is 11.6. The average molecular weight is 273 g/mol. The molecule has 0 aliphatic rings. The van der Waals surface area contributed by atoms with Crippen LogP contribution in [-0.4, -0.2) is 25.3 Å². The van der Waals surface area contributed by atoms with Gasteiger partial charge < -0.3 is 9.47 Å². The van der Waals surface area contributed by atoms with Gasteiger partial charge in [-0.3, -0.25) is 4.79 Å². The summed E-state index contributed by atoms with van der Waals surface area (Å²) in [5.41, 5.74) is 1.42. The molecule has 0 heterocycles. The van der Waals surface area contributed by atoms with Crippen molar-refractivity contribution in [1.29, 1.82) is 0 Å². The number of ether oxygens (including phenoxy) is 2. The van der Waals surface area contributed by atoms with Crippen LogP contribution in [0, 0.1) is 6.92 Å². The highest BCUT2D eigenvalue weighted by Gasteiger charge is 2.15. The van der Waals surface area contributed by atoms with Gasteiger partial charge in [0.25, 0.3) is 0 Å². The molecule has 0 aliphatic carbocycles. The number of rotatable bonds is 4. The molecule has 0 amide bonds. The third-order valence-electron chi connectivity index (χ3n) is 2.20. The normalized spacial score (nSPS) is 9.87. The average Bonchev–Trinajstić information content (AvgIpc) is 2.27. The Hall–Kier alpha value is -1.03. The molecule has 1 aromatic rings. The van der Waals surface area contributed by atoms with Gasteiger partial charge in [-0.25, -0.2) is 0 Å². The van der Waals surface area contributed by atoms with Gasteiger partial charge in [0.05, 0.1) is 25.1 Å². The Labute approximate surface area is 97.5 Å². The molecular formula is C11H13BrO3. The number of halogens is 1. The van der Waals surface area contributed by atoms with Crippen LogP contribution in [0.25, 0.3) is 0 Å². The van der Waals surface area contributed by atoms with Gasteiger partial charge in [-0.15, -0.1) is 0 Å². The minimum atomic E-state index is -0.00222. The molecule has 0 saturated heterocycles. The number of methoxy groups -OCH3 is 2. The van der Waals surface area contributed by atoms with Gasteiger partial charge in [-0.05, 0) is 19.1 Å². The molecule has 15 heavy (non-hydrogen) atoms. The van der Waals surface area contributed by atoms with Crippen molar-refractivity contribution in [2.75, 3.05) is 19.5 Å². The van der Waals surface area contributed by atoms with Crippen molar-refractivity contribution in [2.45, 2.75) is 6.92 Å². The third kappa shape index (κ3) is 2.31. The van der Waals surface area contributed by atoms with Gasteiger partial charge in [-0.1, -0.05) is 15.9 Å². The van der Waals surface area contributed by atoms with Crippen molar-refractivity contribution >= 4 is 21.7 Å². The fourth-order valence-corrected chi connectivity index (χ4v) is 1.75. The Morgan fingerprint density at radius 2 is 2.00 bits per heavy atom. The van der Waals surface area contributed by atoms with Crippen LogP contribution in [0.1, 0.15) is 15.9 Å². The van der Waals surface area contributed by atoms with E-state index in [4.69, 9.17) is 9.47 Å². The largest absolute Gasteiger partial charge is 0.496 e. The van der Waals surface area contributed by atoms with Crippen LogP contribution in [0.15, 0.2) is 12.1 Å². The van der Waals surface area contributed by atoms with Gasteiger partial charge in [0.1, 0.15) is 11.5 Å². The second kappa shape index (κ2) is 5.16. The number of ketones is 1. The highest BCUT2D eigenvalue weighted by molar-refractivity contribution is 9.09. The van der Waals surface area contributed by atoms with Gasteiger partial charge >= 0.3 is 0 Å². The summed E-state index contributed by atoms with van der Waals surface area (Å²) in [5.74, 6) is 1.30. The molecular weight excluding hydrogens is 260 g/mol. The van der Waals surface area contributed by atoms with Crippen molar-refractivity contribution < 1.29 is 14.3 Å². The molecule has 0 atom stereocenters. The van der Waals surface area contributed by atoms with E-state index in [0.29, 0.717) is 11.3 Å². The first-order chi connectivity index (χ1) is 7.15. The number of hydrogen-bond donors (Lipinski definition) is 0. The van der Waals surface area contributed by atoms with Crippen molar-refractivity contribution in [3.8, 4) is 11.5 Å². The quantitative estimate of drug-likeness (QED) is 0.624. The summed E-state index contributed by atoms with van der Waals surface area (Å²) in [7, 11) is 3.14. The van der Waals surface area contributed by atoms with Crippen LogP contribution in [0.2, 0.25) is 0 Å². The molecule has 1 rings (SSSR count). The predicted molar refractivity (Wildman–Crippen MR) is 62.4 cm³/mol. The first-order valence-corrected chi connectivity index (χ1v) is 5.58. The van der Waals surface area contributed by atoms with E-state index < -0.39 is 0 Å². The topological polar surface area (TPSA) is 35.5 Å². The Morgan fingerprint density at radius 1 is 1.33 bits per heavy atom. The monoisotopic (exact) mass is 272 g/mol. The van der Waals surface area contributed by atoms with E-state index >= 15 is 0 Å². The summed E-state index contributed by atoms with van der Waals surface area (Å²) in [6, 6.07) is 3.49. The molecule has 1 aromatic carbocycles. The zero-order valence-electron chi connectivity index (χ0n) is 8.96. The number of alkyl halides is 1. The number of carbonyl (C=O) groups excluding carboxylic acids is 1. The molecule has 0 aromatic heterocycles. The Balaban J connectivity index is 3.30. The molecule has 0 radical (unpaired) electrons. The molecule has 0 aliphatic heterocycles.